The zero-order chi connectivity index (χ0) is 11.9. The molecule has 0 atom stereocenters. The van der Waals surface area contributed by atoms with Gasteiger partial charge in [-0.05, 0) is 53.4 Å². The largest absolute Gasteiger partial charge is 0.207 e. The summed E-state index contributed by atoms with van der Waals surface area (Å²) in [7, 11) is 0. The predicted molar refractivity (Wildman–Crippen MR) is 65.9 cm³/mol. The molecule has 1 heteroatoms. The minimum absolute atomic E-state index is 0.0953. The van der Waals surface area contributed by atoms with Crippen molar-refractivity contribution in [1.82, 2.24) is 0 Å². The molecule has 88 valence electrons. The summed E-state index contributed by atoms with van der Waals surface area (Å²) < 4.78 is 13.2. The molecule has 1 aromatic carbocycles. The van der Waals surface area contributed by atoms with Gasteiger partial charge in [0.2, 0.25) is 0 Å². The number of benzene rings is 1. The summed E-state index contributed by atoms with van der Waals surface area (Å²) in [5.74, 6) is 1.19. The van der Waals surface area contributed by atoms with Crippen LogP contribution >= 0.6 is 0 Å². The van der Waals surface area contributed by atoms with Crippen LogP contribution in [0, 0.1) is 23.1 Å². The third-order valence-corrected chi connectivity index (χ3v) is 4.51. The van der Waals surface area contributed by atoms with E-state index in [9.17, 15) is 4.39 Å². The van der Waals surface area contributed by atoms with Crippen molar-refractivity contribution in [2.75, 3.05) is 0 Å². The van der Waals surface area contributed by atoms with Gasteiger partial charge in [-0.25, -0.2) is 4.39 Å². The second-order valence-corrected chi connectivity index (χ2v) is 5.81. The molecule has 16 heavy (non-hydrogen) atoms. The molecular weight excluding hydrogens is 199 g/mol. The summed E-state index contributed by atoms with van der Waals surface area (Å²) in [5, 5.41) is 0. The van der Waals surface area contributed by atoms with Gasteiger partial charge in [0.25, 0.3) is 0 Å². The Hall–Kier alpha value is -0.850. The van der Waals surface area contributed by atoms with Gasteiger partial charge in [0.15, 0.2) is 0 Å². The summed E-state index contributed by atoms with van der Waals surface area (Å²) in [6, 6.07) is 5.29. The van der Waals surface area contributed by atoms with Crippen molar-refractivity contribution in [1.29, 1.82) is 0 Å². The molecular formula is C15H21F. The van der Waals surface area contributed by atoms with Crippen molar-refractivity contribution in [3.8, 4) is 0 Å². The first-order valence-corrected chi connectivity index (χ1v) is 6.23. The molecule has 0 amide bonds. The fourth-order valence-corrected chi connectivity index (χ4v) is 3.19. The van der Waals surface area contributed by atoms with E-state index in [-0.39, 0.29) is 5.82 Å². The second-order valence-electron chi connectivity index (χ2n) is 5.81. The molecule has 0 spiro atoms. The van der Waals surface area contributed by atoms with E-state index in [2.05, 4.69) is 27.7 Å². The van der Waals surface area contributed by atoms with Crippen LogP contribution in [0.2, 0.25) is 0 Å². The van der Waals surface area contributed by atoms with Crippen LogP contribution < -0.4 is 0 Å². The molecule has 1 aliphatic carbocycles. The summed E-state index contributed by atoms with van der Waals surface area (Å²) >= 11 is 0. The maximum absolute atomic E-state index is 13.2. The van der Waals surface area contributed by atoms with E-state index in [0.29, 0.717) is 17.3 Å². The summed E-state index contributed by atoms with van der Waals surface area (Å²) in [6.07, 6.45) is 2.15. The van der Waals surface area contributed by atoms with E-state index >= 15 is 0 Å². The fourth-order valence-electron chi connectivity index (χ4n) is 3.19. The molecule has 0 bridgehead atoms. The maximum atomic E-state index is 13.2. The standard InChI is InChI=1S/C15H21F/c1-10(2)15(11(3)4)8-12-5-6-14(16)7-13(12)9-15/h5-7,10-11H,8-9H2,1-4H3. The van der Waals surface area contributed by atoms with E-state index in [1.807, 2.05) is 6.07 Å². The van der Waals surface area contributed by atoms with Crippen LogP contribution in [0.5, 0.6) is 0 Å². The summed E-state index contributed by atoms with van der Waals surface area (Å²) in [4.78, 5) is 0. The SMILES string of the molecule is CC(C)C1(C(C)C)Cc2ccc(F)cc2C1. The number of hydrogen-bond donors (Lipinski definition) is 0. The minimum Gasteiger partial charge on any atom is -0.207 e. The Bertz CT molecular complexity index is 382. The Morgan fingerprint density at radius 3 is 2.12 bits per heavy atom. The highest BCUT2D eigenvalue weighted by Gasteiger charge is 2.42. The van der Waals surface area contributed by atoms with Gasteiger partial charge in [-0.3, -0.25) is 0 Å². The van der Waals surface area contributed by atoms with Crippen molar-refractivity contribution in [3.63, 3.8) is 0 Å². The number of halogens is 1. The Balaban J connectivity index is 2.39. The maximum Gasteiger partial charge on any atom is 0.123 e. The molecule has 0 unspecified atom stereocenters. The number of fused-ring (bicyclic) bond motifs is 1. The van der Waals surface area contributed by atoms with Crippen molar-refractivity contribution in [2.45, 2.75) is 40.5 Å². The first-order valence-electron chi connectivity index (χ1n) is 6.23. The zero-order valence-electron chi connectivity index (χ0n) is 10.7. The Morgan fingerprint density at radius 1 is 1.00 bits per heavy atom. The lowest BCUT2D eigenvalue weighted by Crippen LogP contribution is -2.33. The van der Waals surface area contributed by atoms with E-state index in [1.165, 1.54) is 11.1 Å². The van der Waals surface area contributed by atoms with Crippen LogP contribution in [-0.4, -0.2) is 0 Å². The van der Waals surface area contributed by atoms with Crippen molar-refractivity contribution >= 4 is 0 Å². The molecule has 0 aliphatic heterocycles. The highest BCUT2D eigenvalue weighted by molar-refractivity contribution is 5.35. The fraction of sp³-hybridized carbons (Fsp3) is 0.600. The predicted octanol–water partition coefficient (Wildman–Crippen LogP) is 4.22. The van der Waals surface area contributed by atoms with Crippen LogP contribution in [0.1, 0.15) is 38.8 Å². The van der Waals surface area contributed by atoms with Crippen LogP contribution in [0.4, 0.5) is 4.39 Å². The molecule has 0 fully saturated rings. The van der Waals surface area contributed by atoms with Gasteiger partial charge in [-0.2, -0.15) is 0 Å². The van der Waals surface area contributed by atoms with E-state index in [1.54, 1.807) is 12.1 Å². The molecule has 1 aromatic rings. The molecule has 0 radical (unpaired) electrons. The van der Waals surface area contributed by atoms with Gasteiger partial charge >= 0.3 is 0 Å². The molecule has 0 nitrogen and oxygen atoms in total. The third kappa shape index (κ3) is 1.66. The highest BCUT2D eigenvalue weighted by atomic mass is 19.1. The highest BCUT2D eigenvalue weighted by Crippen LogP contribution is 2.47. The first-order chi connectivity index (χ1) is 7.45. The van der Waals surface area contributed by atoms with Crippen molar-refractivity contribution in [2.24, 2.45) is 17.3 Å². The number of rotatable bonds is 2. The average molecular weight is 220 g/mol. The monoisotopic (exact) mass is 220 g/mol. The Morgan fingerprint density at radius 2 is 1.56 bits per heavy atom. The average Bonchev–Trinajstić information content (AvgIpc) is 2.57. The molecule has 0 aromatic heterocycles. The quantitative estimate of drug-likeness (QED) is 0.700. The summed E-state index contributed by atoms with van der Waals surface area (Å²) in [6.45, 7) is 9.18. The first kappa shape index (κ1) is 11.6. The van der Waals surface area contributed by atoms with Gasteiger partial charge in [0, 0.05) is 0 Å². The lowest BCUT2D eigenvalue weighted by atomic mass is 9.67. The van der Waals surface area contributed by atoms with Crippen LogP contribution in [0.25, 0.3) is 0 Å². The van der Waals surface area contributed by atoms with Crippen LogP contribution in [0.3, 0.4) is 0 Å². The molecule has 0 N–H and O–H groups in total. The number of hydrogen-bond acceptors (Lipinski definition) is 0. The molecule has 0 heterocycles. The van der Waals surface area contributed by atoms with Gasteiger partial charge in [-0.1, -0.05) is 33.8 Å². The molecule has 0 saturated heterocycles. The molecule has 0 saturated carbocycles. The van der Waals surface area contributed by atoms with E-state index in [4.69, 9.17) is 0 Å². The second kappa shape index (κ2) is 3.87. The van der Waals surface area contributed by atoms with E-state index < -0.39 is 0 Å². The summed E-state index contributed by atoms with van der Waals surface area (Å²) in [5.41, 5.74) is 2.90. The van der Waals surface area contributed by atoms with Crippen LogP contribution in [0.15, 0.2) is 18.2 Å². The molecule has 2 rings (SSSR count). The van der Waals surface area contributed by atoms with Crippen molar-refractivity contribution in [3.05, 3.63) is 35.1 Å². The minimum atomic E-state index is -0.0953. The van der Waals surface area contributed by atoms with E-state index in [0.717, 1.165) is 12.8 Å². The lowest BCUT2D eigenvalue weighted by molar-refractivity contribution is 0.125. The van der Waals surface area contributed by atoms with Crippen molar-refractivity contribution < 1.29 is 4.39 Å². The van der Waals surface area contributed by atoms with Gasteiger partial charge in [0.1, 0.15) is 5.82 Å². The Kier molecular flexibility index (Phi) is 2.81. The normalized spacial score (nSPS) is 18.2. The zero-order valence-corrected chi connectivity index (χ0v) is 10.7. The van der Waals surface area contributed by atoms with Gasteiger partial charge in [0.05, 0.1) is 0 Å². The Labute approximate surface area is 97.9 Å². The van der Waals surface area contributed by atoms with Crippen LogP contribution in [-0.2, 0) is 12.8 Å². The topological polar surface area (TPSA) is 0 Å². The smallest absolute Gasteiger partial charge is 0.123 e. The van der Waals surface area contributed by atoms with Gasteiger partial charge in [-0.15, -0.1) is 0 Å². The lowest BCUT2D eigenvalue weighted by Gasteiger charge is -2.37. The van der Waals surface area contributed by atoms with Gasteiger partial charge < -0.3 is 0 Å². The third-order valence-electron chi connectivity index (χ3n) is 4.51. The molecule has 1 aliphatic rings.